The molecular formula is C9H17Cl2NO3. The minimum absolute atomic E-state index is 0.124. The van der Waals surface area contributed by atoms with E-state index in [1.54, 1.807) is 0 Å². The fraction of sp³-hybridized carbons (Fsp3) is 0.889. The van der Waals surface area contributed by atoms with Gasteiger partial charge in [-0.3, -0.25) is 4.84 Å². The lowest BCUT2D eigenvalue weighted by Crippen LogP contribution is -2.41. The van der Waals surface area contributed by atoms with Crippen LogP contribution in [0.15, 0.2) is 0 Å². The van der Waals surface area contributed by atoms with Crippen molar-refractivity contribution in [1.29, 1.82) is 0 Å². The van der Waals surface area contributed by atoms with Crippen LogP contribution in [0.5, 0.6) is 0 Å². The van der Waals surface area contributed by atoms with Gasteiger partial charge in [0.1, 0.15) is 0 Å². The second-order valence-corrected chi connectivity index (χ2v) is 4.52. The summed E-state index contributed by atoms with van der Waals surface area (Å²) >= 11 is 11.3. The Labute approximate surface area is 99.8 Å². The number of rotatable bonds is 7. The maximum Gasteiger partial charge on any atom is 0.428 e. The van der Waals surface area contributed by atoms with Gasteiger partial charge in [-0.1, -0.05) is 0 Å². The molecule has 1 amide bonds. The van der Waals surface area contributed by atoms with Crippen molar-refractivity contribution in [2.45, 2.75) is 32.3 Å². The summed E-state index contributed by atoms with van der Waals surface area (Å²) in [6, 6.07) is 0. The molecule has 0 unspecified atom stereocenters. The van der Waals surface area contributed by atoms with Crippen LogP contribution in [-0.2, 0) is 4.84 Å². The molecule has 0 heterocycles. The molecule has 90 valence electrons. The first-order valence-corrected chi connectivity index (χ1v) is 5.79. The number of amides is 1. The number of hydrogen-bond donors (Lipinski definition) is 2. The summed E-state index contributed by atoms with van der Waals surface area (Å²) in [6.07, 6.45) is 0.268. The van der Waals surface area contributed by atoms with Crippen molar-refractivity contribution in [1.82, 2.24) is 5.48 Å². The van der Waals surface area contributed by atoms with Gasteiger partial charge in [-0.25, -0.2) is 4.79 Å². The molecule has 0 spiro atoms. The highest BCUT2D eigenvalue weighted by molar-refractivity contribution is 6.18. The summed E-state index contributed by atoms with van der Waals surface area (Å²) in [4.78, 5) is 15.4. The summed E-state index contributed by atoms with van der Waals surface area (Å²) < 4.78 is 0. The van der Waals surface area contributed by atoms with Crippen molar-refractivity contribution in [3.8, 4) is 0 Å². The molecule has 0 aromatic heterocycles. The lowest BCUT2D eigenvalue weighted by atomic mass is 9.86. The van der Waals surface area contributed by atoms with Gasteiger partial charge in [-0.15, -0.1) is 23.2 Å². The normalized spacial score (nSPS) is 11.8. The molecule has 0 radical (unpaired) electrons. The molecule has 0 saturated heterocycles. The molecule has 0 aliphatic rings. The van der Waals surface area contributed by atoms with Crippen LogP contribution in [0.4, 0.5) is 4.79 Å². The highest BCUT2D eigenvalue weighted by atomic mass is 35.5. The first kappa shape index (κ1) is 14.8. The fourth-order valence-electron chi connectivity index (χ4n) is 1.36. The molecule has 0 aliphatic heterocycles. The molecule has 6 heteroatoms. The van der Waals surface area contributed by atoms with E-state index < -0.39 is 11.7 Å². The Morgan fingerprint density at radius 1 is 1.40 bits per heavy atom. The molecule has 0 fully saturated rings. The zero-order valence-corrected chi connectivity index (χ0v) is 10.4. The van der Waals surface area contributed by atoms with E-state index >= 15 is 0 Å². The predicted molar refractivity (Wildman–Crippen MR) is 60.5 cm³/mol. The van der Waals surface area contributed by atoms with Gasteiger partial charge in [0.2, 0.25) is 0 Å². The zero-order valence-electron chi connectivity index (χ0n) is 8.93. The summed E-state index contributed by atoms with van der Waals surface area (Å²) in [7, 11) is 0. The monoisotopic (exact) mass is 257 g/mol. The zero-order chi connectivity index (χ0) is 11.9. The van der Waals surface area contributed by atoms with Crippen molar-refractivity contribution in [2.24, 2.45) is 5.92 Å². The largest absolute Gasteiger partial charge is 0.464 e. The molecule has 15 heavy (non-hydrogen) atoms. The highest BCUT2D eigenvalue weighted by Gasteiger charge is 2.30. The number of carbonyl (C=O) groups is 1. The number of hydrogen-bond acceptors (Lipinski definition) is 2. The second kappa shape index (κ2) is 7.14. The van der Waals surface area contributed by atoms with E-state index in [1.807, 2.05) is 19.3 Å². The van der Waals surface area contributed by atoms with E-state index in [2.05, 4.69) is 0 Å². The lowest BCUT2D eigenvalue weighted by Gasteiger charge is -2.32. The van der Waals surface area contributed by atoms with Crippen molar-refractivity contribution >= 4 is 29.3 Å². The molecule has 2 N–H and O–H groups in total. The summed E-state index contributed by atoms with van der Waals surface area (Å²) in [5.74, 6) is 1.13. The average Bonchev–Trinajstić information content (AvgIpc) is 2.15. The minimum atomic E-state index is -1.21. The molecule has 0 saturated carbocycles. The van der Waals surface area contributed by atoms with Crippen LogP contribution in [0.1, 0.15) is 26.7 Å². The summed E-state index contributed by atoms with van der Waals surface area (Å²) in [6.45, 7) is 3.62. The van der Waals surface area contributed by atoms with E-state index in [4.69, 9.17) is 33.1 Å². The van der Waals surface area contributed by atoms with E-state index in [-0.39, 0.29) is 5.92 Å². The van der Waals surface area contributed by atoms with Gasteiger partial charge in [0.05, 0.1) is 5.60 Å². The first-order valence-electron chi connectivity index (χ1n) is 4.73. The molecule has 0 aromatic rings. The third kappa shape index (κ3) is 6.07. The quantitative estimate of drug-likeness (QED) is 0.545. The van der Waals surface area contributed by atoms with Crippen LogP contribution in [-0.4, -0.2) is 28.6 Å². The lowest BCUT2D eigenvalue weighted by molar-refractivity contribution is -0.108. The topological polar surface area (TPSA) is 58.6 Å². The van der Waals surface area contributed by atoms with Crippen LogP contribution in [0.3, 0.4) is 0 Å². The third-order valence-corrected chi connectivity index (χ3v) is 2.74. The standard InChI is InChI=1S/C9H17Cl2NO3/c1-9(2,15-12-8(13)14)7(3-5-10)4-6-11/h7,12H,3-6H2,1-2H3,(H,13,14). The van der Waals surface area contributed by atoms with Gasteiger partial charge in [-0.05, 0) is 32.6 Å². The number of carboxylic acid groups (broad SMARTS) is 1. The molecule has 4 nitrogen and oxygen atoms in total. The van der Waals surface area contributed by atoms with Gasteiger partial charge < -0.3 is 5.11 Å². The van der Waals surface area contributed by atoms with Gasteiger partial charge in [0.15, 0.2) is 0 Å². The molecule has 0 rings (SSSR count). The fourth-order valence-corrected chi connectivity index (χ4v) is 1.89. The Kier molecular flexibility index (Phi) is 7.05. The Morgan fingerprint density at radius 3 is 2.20 bits per heavy atom. The number of halogens is 2. The number of hydroxylamine groups is 1. The third-order valence-electron chi connectivity index (χ3n) is 2.30. The Hall–Kier alpha value is -0.190. The van der Waals surface area contributed by atoms with Gasteiger partial charge in [0.25, 0.3) is 0 Å². The Balaban J connectivity index is 4.26. The van der Waals surface area contributed by atoms with Gasteiger partial charge in [-0.2, -0.15) is 5.48 Å². The van der Waals surface area contributed by atoms with Crippen molar-refractivity contribution < 1.29 is 14.7 Å². The Morgan fingerprint density at radius 2 is 1.87 bits per heavy atom. The average molecular weight is 258 g/mol. The van der Waals surface area contributed by atoms with Crippen LogP contribution < -0.4 is 5.48 Å². The molecular weight excluding hydrogens is 241 g/mol. The summed E-state index contributed by atoms with van der Waals surface area (Å²) in [5, 5.41) is 8.43. The van der Waals surface area contributed by atoms with E-state index in [0.29, 0.717) is 11.8 Å². The number of nitrogens with one attached hydrogen (secondary N) is 1. The molecule has 0 bridgehead atoms. The van der Waals surface area contributed by atoms with E-state index in [1.165, 1.54) is 0 Å². The van der Waals surface area contributed by atoms with Crippen LogP contribution >= 0.6 is 23.2 Å². The van der Waals surface area contributed by atoms with Crippen LogP contribution in [0.2, 0.25) is 0 Å². The first-order chi connectivity index (χ1) is 6.94. The SMILES string of the molecule is CC(C)(ONC(=O)O)C(CCCl)CCCl. The second-order valence-electron chi connectivity index (χ2n) is 3.76. The maximum absolute atomic E-state index is 10.3. The smallest absolute Gasteiger partial charge is 0.428 e. The summed E-state index contributed by atoms with van der Waals surface area (Å²) in [5.41, 5.74) is 1.30. The van der Waals surface area contributed by atoms with Crippen LogP contribution in [0.25, 0.3) is 0 Å². The van der Waals surface area contributed by atoms with E-state index in [9.17, 15) is 4.79 Å². The van der Waals surface area contributed by atoms with Crippen molar-refractivity contribution in [3.05, 3.63) is 0 Å². The molecule has 0 aliphatic carbocycles. The highest BCUT2D eigenvalue weighted by Crippen LogP contribution is 2.27. The minimum Gasteiger partial charge on any atom is -0.464 e. The molecule has 0 aromatic carbocycles. The van der Waals surface area contributed by atoms with Crippen molar-refractivity contribution in [3.63, 3.8) is 0 Å². The van der Waals surface area contributed by atoms with E-state index in [0.717, 1.165) is 12.8 Å². The molecule has 0 atom stereocenters. The van der Waals surface area contributed by atoms with Crippen molar-refractivity contribution in [2.75, 3.05) is 11.8 Å². The number of alkyl halides is 2. The Bertz CT molecular complexity index is 194. The van der Waals surface area contributed by atoms with Gasteiger partial charge >= 0.3 is 6.09 Å². The van der Waals surface area contributed by atoms with Crippen LogP contribution in [0, 0.1) is 5.92 Å². The van der Waals surface area contributed by atoms with Gasteiger partial charge in [0, 0.05) is 11.8 Å². The maximum atomic E-state index is 10.3. The predicted octanol–water partition coefficient (Wildman–Crippen LogP) is 2.84.